The van der Waals surface area contributed by atoms with E-state index in [9.17, 15) is 14.7 Å². The predicted octanol–water partition coefficient (Wildman–Crippen LogP) is 4.97. The summed E-state index contributed by atoms with van der Waals surface area (Å²) in [6.07, 6.45) is 3.56. The van der Waals surface area contributed by atoms with Gasteiger partial charge in [0.15, 0.2) is 11.6 Å². The van der Waals surface area contributed by atoms with Crippen molar-refractivity contribution in [2.24, 2.45) is 10.4 Å². The van der Waals surface area contributed by atoms with Crippen LogP contribution in [0.3, 0.4) is 0 Å². The van der Waals surface area contributed by atoms with Gasteiger partial charge in [0.2, 0.25) is 0 Å². The second kappa shape index (κ2) is 8.61. The van der Waals surface area contributed by atoms with Crippen LogP contribution in [0.2, 0.25) is 0 Å². The maximum Gasteiger partial charge on any atom is 0.168 e. The van der Waals surface area contributed by atoms with E-state index in [1.54, 1.807) is 0 Å². The molecule has 2 aliphatic rings. The summed E-state index contributed by atoms with van der Waals surface area (Å²) in [7, 11) is 0. The van der Waals surface area contributed by atoms with Gasteiger partial charge in [-0.25, -0.2) is 0 Å². The number of carbonyl (C=O) groups is 2. The summed E-state index contributed by atoms with van der Waals surface area (Å²) in [6, 6.07) is 9.86. The maximum absolute atomic E-state index is 12.9. The van der Waals surface area contributed by atoms with E-state index in [0.717, 1.165) is 12.0 Å². The molecule has 0 bridgehead atoms. The lowest BCUT2D eigenvalue weighted by Crippen LogP contribution is -2.32. The second-order valence-electron chi connectivity index (χ2n) is 9.22. The van der Waals surface area contributed by atoms with Crippen LogP contribution in [0.1, 0.15) is 73.3 Å². The molecule has 0 unspecified atom stereocenters. The number of rotatable bonds is 5. The number of allylic oxidation sites excluding steroid dienone is 2. The number of hydrogen-bond acceptors (Lipinski definition) is 6. The molecule has 2 aliphatic carbocycles. The van der Waals surface area contributed by atoms with Gasteiger partial charge in [-0.1, -0.05) is 49.3 Å². The Morgan fingerprint density at radius 1 is 1.13 bits per heavy atom. The maximum atomic E-state index is 12.9. The van der Waals surface area contributed by atoms with Crippen LogP contribution in [0.15, 0.2) is 51.2 Å². The highest BCUT2D eigenvalue weighted by molar-refractivity contribution is 6.24. The first kappa shape index (κ1) is 21.2. The minimum absolute atomic E-state index is 0.0207. The van der Waals surface area contributed by atoms with Crippen molar-refractivity contribution in [1.29, 1.82) is 0 Å². The molecule has 6 heteroatoms. The Kier molecular flexibility index (Phi) is 5.90. The summed E-state index contributed by atoms with van der Waals surface area (Å²) in [6.45, 7) is 4.55. The number of Topliss-reactive ketones (excluding diaryl/α,β-unsaturated/α-hetero) is 2. The average Bonchev–Trinajstić information content (AvgIpc) is 3.15. The Hall–Kier alpha value is -3.02. The average molecular weight is 421 g/mol. The Balaban J connectivity index is 1.58. The van der Waals surface area contributed by atoms with Crippen LogP contribution >= 0.6 is 0 Å². The van der Waals surface area contributed by atoms with Crippen LogP contribution in [0.4, 0.5) is 0 Å². The van der Waals surface area contributed by atoms with Gasteiger partial charge in [0, 0.05) is 37.8 Å². The van der Waals surface area contributed by atoms with E-state index >= 15 is 0 Å². The van der Waals surface area contributed by atoms with Crippen molar-refractivity contribution >= 4 is 17.3 Å². The van der Waals surface area contributed by atoms with E-state index in [1.165, 1.54) is 0 Å². The lowest BCUT2D eigenvalue weighted by Gasteiger charge is -2.31. The highest BCUT2D eigenvalue weighted by atomic mass is 16.5. The lowest BCUT2D eigenvalue weighted by atomic mass is 9.73. The molecule has 1 saturated carbocycles. The SMILES string of the molecule is CC1(C)CC(=O)/C(=C(\O)CCc2noc3c2C(=O)CCC3)C(=NCc2ccccc2)C1. The van der Waals surface area contributed by atoms with Gasteiger partial charge in [0.25, 0.3) is 0 Å². The number of nitrogens with zero attached hydrogens (tertiary/aromatic N) is 2. The van der Waals surface area contributed by atoms with E-state index in [4.69, 9.17) is 9.52 Å². The number of aromatic nitrogens is 1. The van der Waals surface area contributed by atoms with E-state index in [1.807, 2.05) is 44.2 Å². The van der Waals surface area contributed by atoms with Gasteiger partial charge >= 0.3 is 0 Å². The molecule has 0 radical (unpaired) electrons. The molecule has 1 heterocycles. The van der Waals surface area contributed by atoms with E-state index in [0.29, 0.717) is 67.0 Å². The summed E-state index contributed by atoms with van der Waals surface area (Å²) in [5.41, 5.74) is 2.97. The molecule has 1 aromatic heterocycles. The van der Waals surface area contributed by atoms with Crippen LogP contribution in [0.25, 0.3) is 0 Å². The molecule has 1 N–H and O–H groups in total. The Morgan fingerprint density at radius 2 is 1.90 bits per heavy atom. The van der Waals surface area contributed by atoms with Crippen molar-refractivity contribution in [1.82, 2.24) is 5.16 Å². The summed E-state index contributed by atoms with van der Waals surface area (Å²) >= 11 is 0. The van der Waals surface area contributed by atoms with Crippen molar-refractivity contribution in [2.45, 2.75) is 65.3 Å². The molecule has 0 atom stereocenters. The van der Waals surface area contributed by atoms with Crippen molar-refractivity contribution in [3.63, 3.8) is 0 Å². The second-order valence-corrected chi connectivity index (χ2v) is 9.22. The highest BCUT2D eigenvalue weighted by Gasteiger charge is 2.36. The first-order valence-electron chi connectivity index (χ1n) is 10.9. The number of carbonyl (C=O) groups excluding carboxylic acids is 2. The quantitative estimate of drug-likeness (QED) is 0.545. The zero-order valence-electron chi connectivity index (χ0n) is 18.1. The number of ketones is 2. The molecule has 0 aliphatic heterocycles. The van der Waals surface area contributed by atoms with E-state index < -0.39 is 0 Å². The molecule has 162 valence electrons. The first-order valence-corrected chi connectivity index (χ1v) is 10.9. The zero-order valence-corrected chi connectivity index (χ0v) is 18.1. The Morgan fingerprint density at radius 3 is 2.68 bits per heavy atom. The molecule has 1 fully saturated rings. The molecule has 6 nitrogen and oxygen atoms in total. The standard InChI is InChI=1S/C25H28N2O4/c1-25(2)13-18(26-15-16-7-4-3-5-8-16)23(21(30)14-25)20(29)12-11-17-24-19(28)9-6-10-22(24)31-27-17/h3-5,7-8,29H,6,9-15H2,1-2H3/b23-20-,26-18?. The highest BCUT2D eigenvalue weighted by Crippen LogP contribution is 2.36. The van der Waals surface area contributed by atoms with Gasteiger partial charge < -0.3 is 9.63 Å². The van der Waals surface area contributed by atoms with Gasteiger partial charge in [0.1, 0.15) is 11.5 Å². The normalized spacial score (nSPS) is 21.3. The van der Waals surface area contributed by atoms with Gasteiger partial charge in [-0.3, -0.25) is 14.6 Å². The third kappa shape index (κ3) is 4.68. The third-order valence-electron chi connectivity index (χ3n) is 5.95. The number of aliphatic hydroxyl groups is 1. The zero-order chi connectivity index (χ0) is 22.0. The van der Waals surface area contributed by atoms with Crippen LogP contribution in [0.5, 0.6) is 0 Å². The fourth-order valence-corrected chi connectivity index (χ4v) is 4.44. The van der Waals surface area contributed by atoms with Crippen molar-refractivity contribution in [2.75, 3.05) is 0 Å². The Bertz CT molecular complexity index is 1060. The summed E-state index contributed by atoms with van der Waals surface area (Å²) in [5.74, 6) is 0.621. The van der Waals surface area contributed by atoms with E-state index in [-0.39, 0.29) is 29.2 Å². The summed E-state index contributed by atoms with van der Waals surface area (Å²) in [5, 5.41) is 14.9. The van der Waals surface area contributed by atoms with Crippen LogP contribution in [-0.2, 0) is 24.2 Å². The molecule has 0 saturated heterocycles. The number of aryl methyl sites for hydroxylation is 2. The molecule has 2 aromatic rings. The molecule has 0 amide bonds. The predicted molar refractivity (Wildman–Crippen MR) is 117 cm³/mol. The fourth-order valence-electron chi connectivity index (χ4n) is 4.44. The minimum Gasteiger partial charge on any atom is -0.511 e. The fraction of sp³-hybridized carbons (Fsp3) is 0.440. The number of hydrogen-bond donors (Lipinski definition) is 1. The molecule has 4 rings (SSSR count). The van der Waals surface area contributed by atoms with Gasteiger partial charge in [-0.2, -0.15) is 0 Å². The van der Waals surface area contributed by atoms with Gasteiger partial charge in [-0.05, 0) is 23.8 Å². The monoisotopic (exact) mass is 420 g/mol. The van der Waals surface area contributed by atoms with E-state index in [2.05, 4.69) is 5.16 Å². The van der Waals surface area contributed by atoms with Crippen LogP contribution in [-0.4, -0.2) is 27.5 Å². The van der Waals surface area contributed by atoms with Gasteiger partial charge in [-0.15, -0.1) is 0 Å². The molecule has 0 spiro atoms. The number of fused-ring (bicyclic) bond motifs is 1. The molecular weight excluding hydrogens is 392 g/mol. The lowest BCUT2D eigenvalue weighted by molar-refractivity contribution is -0.117. The van der Waals surface area contributed by atoms with Crippen LogP contribution in [0, 0.1) is 5.41 Å². The molecule has 31 heavy (non-hydrogen) atoms. The molecular formula is C25H28N2O4. The van der Waals surface area contributed by atoms with Gasteiger partial charge in [0.05, 0.1) is 23.4 Å². The smallest absolute Gasteiger partial charge is 0.168 e. The first-order chi connectivity index (χ1) is 14.8. The largest absolute Gasteiger partial charge is 0.511 e. The summed E-state index contributed by atoms with van der Waals surface area (Å²) in [4.78, 5) is 29.9. The topological polar surface area (TPSA) is 92.8 Å². The summed E-state index contributed by atoms with van der Waals surface area (Å²) < 4.78 is 5.33. The third-order valence-corrected chi connectivity index (χ3v) is 5.95. The Labute approximate surface area is 182 Å². The number of benzene rings is 1. The molecule has 1 aromatic carbocycles. The minimum atomic E-state index is -0.200. The van der Waals surface area contributed by atoms with Crippen LogP contribution < -0.4 is 0 Å². The number of aliphatic imine (C=N–C) groups is 1. The van der Waals surface area contributed by atoms with Crippen molar-refractivity contribution < 1.29 is 19.2 Å². The number of aliphatic hydroxyl groups excluding tert-OH is 1. The van der Waals surface area contributed by atoms with Crippen molar-refractivity contribution in [3.8, 4) is 0 Å². The van der Waals surface area contributed by atoms with Crippen molar-refractivity contribution in [3.05, 3.63) is 64.2 Å².